The minimum Gasteiger partial charge on any atom is -0.371 e. The van der Waals surface area contributed by atoms with Gasteiger partial charge in [0.25, 0.3) is 5.91 Å². The lowest BCUT2D eigenvalue weighted by Crippen LogP contribution is -2.42. The number of carbonyl (C=O) groups excluding carboxylic acids is 1. The third-order valence-corrected chi connectivity index (χ3v) is 4.01. The number of nitrogens with one attached hydrogen (secondary N) is 1. The first-order valence-electron chi connectivity index (χ1n) is 7.61. The summed E-state index contributed by atoms with van der Waals surface area (Å²) in [5.41, 5.74) is 2.91. The number of amides is 1. The second kappa shape index (κ2) is 6.32. The summed E-state index contributed by atoms with van der Waals surface area (Å²) < 4.78 is 7.55. The number of rotatable bonds is 3. The summed E-state index contributed by atoms with van der Waals surface area (Å²) in [5, 5.41) is 7.14. The van der Waals surface area contributed by atoms with E-state index < -0.39 is 0 Å². The summed E-state index contributed by atoms with van der Waals surface area (Å²) in [6, 6.07) is 8.30. The summed E-state index contributed by atoms with van der Waals surface area (Å²) >= 11 is 0. The van der Waals surface area contributed by atoms with E-state index in [1.54, 1.807) is 24.1 Å². The molecular weight excluding hydrogens is 278 g/mol. The average Bonchev–Trinajstić information content (AvgIpc) is 2.95. The average molecular weight is 299 g/mol. The maximum atomic E-state index is 12.3. The molecular formula is C17H21N3O2. The van der Waals surface area contributed by atoms with Gasteiger partial charge in [0.15, 0.2) is 0 Å². The number of nitrogens with zero attached hydrogens (tertiary/aromatic N) is 2. The summed E-state index contributed by atoms with van der Waals surface area (Å²) in [6.07, 6.45) is 5.10. The molecule has 1 fully saturated rings. The SMILES string of the molecule is Cc1ccc([C@H]2OCCC[C@@H]2NC(=O)c2cnn(C)c2)cc1. The lowest BCUT2D eigenvalue weighted by molar-refractivity contribution is -0.00946. The highest BCUT2D eigenvalue weighted by molar-refractivity contribution is 5.93. The number of aromatic nitrogens is 2. The zero-order valence-corrected chi connectivity index (χ0v) is 13.0. The molecule has 0 spiro atoms. The van der Waals surface area contributed by atoms with Crippen molar-refractivity contribution in [3.05, 3.63) is 53.3 Å². The van der Waals surface area contributed by atoms with E-state index in [-0.39, 0.29) is 18.1 Å². The largest absolute Gasteiger partial charge is 0.371 e. The van der Waals surface area contributed by atoms with Crippen LogP contribution in [0.25, 0.3) is 0 Å². The second-order valence-electron chi connectivity index (χ2n) is 5.83. The zero-order chi connectivity index (χ0) is 15.5. The van der Waals surface area contributed by atoms with Crippen molar-refractivity contribution in [2.24, 2.45) is 7.05 Å². The zero-order valence-electron chi connectivity index (χ0n) is 13.0. The molecule has 3 rings (SSSR count). The Morgan fingerprint density at radius 1 is 1.36 bits per heavy atom. The molecule has 5 nitrogen and oxygen atoms in total. The standard InChI is InChI=1S/C17H21N3O2/c1-12-5-7-13(8-6-12)16-15(4-3-9-22-16)19-17(21)14-10-18-20(2)11-14/h5-8,10-11,15-16H,3-4,9H2,1-2H3,(H,19,21)/t15-,16+/m0/s1. The maximum absolute atomic E-state index is 12.3. The van der Waals surface area contributed by atoms with Gasteiger partial charge in [-0.25, -0.2) is 0 Å². The van der Waals surface area contributed by atoms with Crippen LogP contribution in [0.2, 0.25) is 0 Å². The van der Waals surface area contributed by atoms with Crippen LogP contribution >= 0.6 is 0 Å². The topological polar surface area (TPSA) is 56.1 Å². The maximum Gasteiger partial charge on any atom is 0.254 e. The van der Waals surface area contributed by atoms with E-state index in [0.717, 1.165) is 25.0 Å². The molecule has 2 aromatic rings. The monoisotopic (exact) mass is 299 g/mol. The first-order valence-corrected chi connectivity index (χ1v) is 7.61. The molecule has 2 heterocycles. The molecule has 1 aliphatic heterocycles. The van der Waals surface area contributed by atoms with Gasteiger partial charge in [-0.1, -0.05) is 29.8 Å². The lowest BCUT2D eigenvalue weighted by Gasteiger charge is -2.32. The Morgan fingerprint density at radius 3 is 2.82 bits per heavy atom. The van der Waals surface area contributed by atoms with E-state index in [9.17, 15) is 4.79 Å². The highest BCUT2D eigenvalue weighted by atomic mass is 16.5. The number of hydrogen-bond donors (Lipinski definition) is 1. The van der Waals surface area contributed by atoms with Crippen LogP contribution in [0.1, 0.15) is 40.4 Å². The third-order valence-electron chi connectivity index (χ3n) is 4.01. The molecule has 0 bridgehead atoms. The normalized spacial score (nSPS) is 21.5. The Hall–Kier alpha value is -2.14. The Kier molecular flexibility index (Phi) is 4.24. The van der Waals surface area contributed by atoms with Crippen LogP contribution in [-0.4, -0.2) is 28.3 Å². The highest BCUT2D eigenvalue weighted by Gasteiger charge is 2.29. The van der Waals surface area contributed by atoms with E-state index in [1.807, 2.05) is 0 Å². The molecule has 1 amide bonds. The number of benzene rings is 1. The van der Waals surface area contributed by atoms with Crippen molar-refractivity contribution in [3.63, 3.8) is 0 Å². The van der Waals surface area contributed by atoms with Gasteiger partial charge in [0, 0.05) is 19.9 Å². The molecule has 5 heteroatoms. The van der Waals surface area contributed by atoms with Crippen molar-refractivity contribution in [2.45, 2.75) is 31.9 Å². The minimum atomic E-state index is -0.0966. The number of ether oxygens (including phenoxy) is 1. The van der Waals surface area contributed by atoms with Crippen molar-refractivity contribution < 1.29 is 9.53 Å². The lowest BCUT2D eigenvalue weighted by atomic mass is 9.95. The van der Waals surface area contributed by atoms with Crippen LogP contribution in [0.15, 0.2) is 36.7 Å². The number of hydrogen-bond acceptors (Lipinski definition) is 3. The predicted octanol–water partition coefficient (Wildman–Crippen LogP) is 2.38. The quantitative estimate of drug-likeness (QED) is 0.946. The molecule has 0 saturated carbocycles. The Morgan fingerprint density at radius 2 is 2.14 bits per heavy atom. The Balaban J connectivity index is 1.75. The second-order valence-corrected chi connectivity index (χ2v) is 5.83. The minimum absolute atomic E-state index is 0.0100. The molecule has 0 unspecified atom stereocenters. The fourth-order valence-corrected chi connectivity index (χ4v) is 2.80. The Labute approximate surface area is 130 Å². The highest BCUT2D eigenvalue weighted by Crippen LogP contribution is 2.28. The molecule has 22 heavy (non-hydrogen) atoms. The van der Waals surface area contributed by atoms with Crippen molar-refractivity contribution in [1.82, 2.24) is 15.1 Å². The fraction of sp³-hybridized carbons (Fsp3) is 0.412. The van der Waals surface area contributed by atoms with E-state index >= 15 is 0 Å². The molecule has 0 radical (unpaired) electrons. The van der Waals surface area contributed by atoms with Gasteiger partial charge in [-0.05, 0) is 25.3 Å². The fourth-order valence-electron chi connectivity index (χ4n) is 2.80. The molecule has 1 aromatic heterocycles. The van der Waals surface area contributed by atoms with Gasteiger partial charge in [0.2, 0.25) is 0 Å². The van der Waals surface area contributed by atoms with E-state index in [4.69, 9.17) is 4.74 Å². The number of aryl methyl sites for hydroxylation is 2. The van der Waals surface area contributed by atoms with E-state index in [0.29, 0.717) is 5.56 Å². The third kappa shape index (κ3) is 3.20. The number of carbonyl (C=O) groups is 1. The summed E-state index contributed by atoms with van der Waals surface area (Å²) in [6.45, 7) is 2.80. The predicted molar refractivity (Wildman–Crippen MR) is 83.6 cm³/mol. The Bertz CT molecular complexity index is 648. The first-order chi connectivity index (χ1) is 10.6. The van der Waals surface area contributed by atoms with Crippen molar-refractivity contribution in [1.29, 1.82) is 0 Å². The molecule has 1 aromatic carbocycles. The summed E-state index contributed by atoms with van der Waals surface area (Å²) in [7, 11) is 1.80. The van der Waals surface area contributed by atoms with Crippen molar-refractivity contribution in [3.8, 4) is 0 Å². The van der Waals surface area contributed by atoms with Crippen LogP contribution in [0.5, 0.6) is 0 Å². The van der Waals surface area contributed by atoms with Crippen LogP contribution in [-0.2, 0) is 11.8 Å². The van der Waals surface area contributed by atoms with Crippen LogP contribution in [0, 0.1) is 6.92 Å². The van der Waals surface area contributed by atoms with Crippen molar-refractivity contribution in [2.75, 3.05) is 6.61 Å². The van der Waals surface area contributed by atoms with Crippen molar-refractivity contribution >= 4 is 5.91 Å². The summed E-state index contributed by atoms with van der Waals surface area (Å²) in [4.78, 5) is 12.3. The van der Waals surface area contributed by atoms with Gasteiger partial charge in [0.05, 0.1) is 17.8 Å². The van der Waals surface area contributed by atoms with Gasteiger partial charge in [-0.15, -0.1) is 0 Å². The van der Waals surface area contributed by atoms with Gasteiger partial charge in [-0.2, -0.15) is 5.10 Å². The van der Waals surface area contributed by atoms with Gasteiger partial charge >= 0.3 is 0 Å². The van der Waals surface area contributed by atoms with Crippen LogP contribution in [0.4, 0.5) is 0 Å². The molecule has 1 saturated heterocycles. The van der Waals surface area contributed by atoms with Crippen LogP contribution < -0.4 is 5.32 Å². The van der Waals surface area contributed by atoms with Crippen LogP contribution in [0.3, 0.4) is 0 Å². The van der Waals surface area contributed by atoms with Gasteiger partial charge < -0.3 is 10.1 Å². The first kappa shape index (κ1) is 14.8. The molecule has 1 aliphatic rings. The molecule has 116 valence electrons. The smallest absolute Gasteiger partial charge is 0.254 e. The molecule has 1 N–H and O–H groups in total. The molecule has 2 atom stereocenters. The van der Waals surface area contributed by atoms with E-state index in [1.165, 1.54) is 5.56 Å². The molecule has 0 aliphatic carbocycles. The van der Waals surface area contributed by atoms with E-state index in [2.05, 4.69) is 41.6 Å². The van der Waals surface area contributed by atoms with Gasteiger partial charge in [0.1, 0.15) is 6.10 Å². The van der Waals surface area contributed by atoms with Gasteiger partial charge in [-0.3, -0.25) is 9.48 Å². The summed E-state index contributed by atoms with van der Waals surface area (Å²) in [5.74, 6) is -0.0966.